The van der Waals surface area contributed by atoms with Crippen molar-refractivity contribution >= 4 is 23.2 Å². The van der Waals surface area contributed by atoms with Gasteiger partial charge in [-0.3, -0.25) is 4.98 Å². The molecule has 3 rings (SSSR count). The molecule has 1 heterocycles. The van der Waals surface area contributed by atoms with Crippen LogP contribution in [0.2, 0.25) is 10.0 Å². The van der Waals surface area contributed by atoms with E-state index < -0.39 is 5.41 Å². The van der Waals surface area contributed by atoms with Gasteiger partial charge in [0.15, 0.2) is 11.8 Å². The highest BCUT2D eigenvalue weighted by Gasteiger charge is 2.58. The van der Waals surface area contributed by atoms with Crippen LogP contribution in [0.15, 0.2) is 18.2 Å². The van der Waals surface area contributed by atoms with Crippen LogP contribution < -0.4 is 0 Å². The number of H-pyrrole nitrogens is 1. The van der Waals surface area contributed by atoms with Gasteiger partial charge >= 0.3 is 0 Å². The molecule has 1 aliphatic carbocycles. The molecule has 0 unspecified atom stereocenters. The Labute approximate surface area is 138 Å². The van der Waals surface area contributed by atoms with Crippen molar-refractivity contribution in [2.45, 2.75) is 31.8 Å². The zero-order valence-corrected chi connectivity index (χ0v) is 13.8. The number of fused-ring (bicyclic) bond motifs is 1. The van der Waals surface area contributed by atoms with Crippen molar-refractivity contribution in [3.63, 3.8) is 0 Å². The Morgan fingerprint density at radius 1 is 1.14 bits per heavy atom. The van der Waals surface area contributed by atoms with E-state index >= 15 is 0 Å². The van der Waals surface area contributed by atoms with Crippen LogP contribution in [0.3, 0.4) is 0 Å². The second kappa shape index (κ2) is 5.37. The third-order valence-electron chi connectivity index (χ3n) is 4.09. The molecule has 22 heavy (non-hydrogen) atoms. The van der Waals surface area contributed by atoms with E-state index in [2.05, 4.69) is 4.98 Å². The first kappa shape index (κ1) is 15.5. The largest absolute Gasteiger partial charge is 0.494 e. The first-order valence-electron chi connectivity index (χ1n) is 7.10. The van der Waals surface area contributed by atoms with Crippen LogP contribution in [0.5, 0.6) is 11.8 Å². The maximum Gasteiger partial charge on any atom is 0.196 e. The summed E-state index contributed by atoms with van der Waals surface area (Å²) in [6.07, 6.45) is 0.733. The number of rotatable bonds is 5. The number of ether oxygens (including phenoxy) is 1. The standard InChI is InChI=1S/C16H17Cl2NO3/c1-8(2)22-6-5-16(9-3-4-10(17)11(18)7-9)12-13(16)15(21)19-14(12)20/h3-4,7-8,19-21H,5-6H2,1-2H3. The van der Waals surface area contributed by atoms with Crippen LogP contribution in [0.1, 0.15) is 37.0 Å². The number of aromatic nitrogens is 1. The monoisotopic (exact) mass is 341 g/mol. The predicted molar refractivity (Wildman–Crippen MR) is 86.2 cm³/mol. The van der Waals surface area contributed by atoms with Gasteiger partial charge in [0.1, 0.15) is 0 Å². The Balaban J connectivity index is 1.98. The summed E-state index contributed by atoms with van der Waals surface area (Å²) in [6.45, 7) is 4.44. The minimum atomic E-state index is -0.553. The fourth-order valence-corrected chi connectivity index (χ4v) is 3.39. The molecule has 118 valence electrons. The highest BCUT2D eigenvalue weighted by molar-refractivity contribution is 6.42. The van der Waals surface area contributed by atoms with E-state index in [4.69, 9.17) is 27.9 Å². The van der Waals surface area contributed by atoms with Crippen LogP contribution >= 0.6 is 23.2 Å². The van der Waals surface area contributed by atoms with Crippen molar-refractivity contribution in [1.82, 2.24) is 4.98 Å². The molecule has 0 saturated heterocycles. The lowest BCUT2D eigenvalue weighted by atomic mass is 9.87. The van der Waals surface area contributed by atoms with E-state index in [0.717, 1.165) is 5.56 Å². The smallest absolute Gasteiger partial charge is 0.196 e. The van der Waals surface area contributed by atoms with E-state index in [-0.39, 0.29) is 17.9 Å². The molecular formula is C16H17Cl2NO3. The van der Waals surface area contributed by atoms with Gasteiger partial charge in [-0.1, -0.05) is 29.3 Å². The second-order valence-electron chi connectivity index (χ2n) is 5.78. The number of aromatic hydroxyl groups is 2. The third kappa shape index (κ3) is 2.26. The van der Waals surface area contributed by atoms with Crippen molar-refractivity contribution in [2.75, 3.05) is 6.61 Å². The Bertz CT molecular complexity index is 700. The molecule has 0 fully saturated rings. The molecule has 0 spiro atoms. The predicted octanol–water partition coefficient (Wildman–Crippen LogP) is 4.20. The molecule has 6 heteroatoms. The first-order valence-corrected chi connectivity index (χ1v) is 7.85. The summed E-state index contributed by atoms with van der Waals surface area (Å²) >= 11 is 12.1. The lowest BCUT2D eigenvalue weighted by molar-refractivity contribution is 0.0728. The Morgan fingerprint density at radius 2 is 1.77 bits per heavy atom. The Morgan fingerprint density at radius 3 is 2.32 bits per heavy atom. The highest BCUT2D eigenvalue weighted by atomic mass is 35.5. The average molecular weight is 342 g/mol. The van der Waals surface area contributed by atoms with Gasteiger partial charge in [0, 0.05) is 17.7 Å². The summed E-state index contributed by atoms with van der Waals surface area (Å²) in [6, 6.07) is 5.36. The van der Waals surface area contributed by atoms with Crippen LogP contribution in [0.4, 0.5) is 0 Å². The minimum absolute atomic E-state index is 0.0110. The summed E-state index contributed by atoms with van der Waals surface area (Å²) in [4.78, 5) is 2.54. The number of hydrogen-bond acceptors (Lipinski definition) is 3. The van der Waals surface area contributed by atoms with Gasteiger partial charge in [0.25, 0.3) is 0 Å². The summed E-state index contributed by atoms with van der Waals surface area (Å²) in [7, 11) is 0. The van der Waals surface area contributed by atoms with Crippen molar-refractivity contribution in [3.8, 4) is 11.8 Å². The first-order chi connectivity index (χ1) is 10.4. The maximum absolute atomic E-state index is 10.0. The molecule has 1 aromatic carbocycles. The zero-order chi connectivity index (χ0) is 16.1. The summed E-state index contributed by atoms with van der Waals surface area (Å²) < 4.78 is 5.64. The van der Waals surface area contributed by atoms with Gasteiger partial charge in [0.2, 0.25) is 0 Å². The number of benzene rings is 1. The molecule has 1 aliphatic rings. The van der Waals surface area contributed by atoms with Crippen LogP contribution in [-0.4, -0.2) is 27.9 Å². The number of hydrogen-bond donors (Lipinski definition) is 3. The molecule has 0 aliphatic heterocycles. The minimum Gasteiger partial charge on any atom is -0.494 e. The Kier molecular flexibility index (Phi) is 3.79. The van der Waals surface area contributed by atoms with Crippen LogP contribution in [0, 0.1) is 0 Å². The molecule has 0 bridgehead atoms. The number of nitrogens with one attached hydrogen (secondary N) is 1. The van der Waals surface area contributed by atoms with Crippen LogP contribution in [-0.2, 0) is 10.2 Å². The van der Waals surface area contributed by atoms with Crippen molar-refractivity contribution in [2.24, 2.45) is 0 Å². The molecular weight excluding hydrogens is 325 g/mol. The normalized spacial score (nSPS) is 15.1. The molecule has 0 radical (unpaired) electrons. The van der Waals surface area contributed by atoms with Crippen LogP contribution in [0.25, 0.3) is 0 Å². The average Bonchev–Trinajstić information content (AvgIpc) is 3.01. The van der Waals surface area contributed by atoms with E-state index in [1.54, 1.807) is 12.1 Å². The molecule has 1 aromatic heterocycles. The number of aromatic amines is 1. The topological polar surface area (TPSA) is 65.5 Å². The van der Waals surface area contributed by atoms with E-state index in [9.17, 15) is 10.2 Å². The molecule has 3 N–H and O–H groups in total. The van der Waals surface area contributed by atoms with Gasteiger partial charge in [0.05, 0.1) is 21.6 Å². The number of halogens is 2. The van der Waals surface area contributed by atoms with Gasteiger partial charge in [-0.25, -0.2) is 0 Å². The quantitative estimate of drug-likeness (QED) is 0.763. The fourth-order valence-electron chi connectivity index (χ4n) is 3.09. The van der Waals surface area contributed by atoms with Gasteiger partial charge in [-0.15, -0.1) is 0 Å². The maximum atomic E-state index is 10.0. The van der Waals surface area contributed by atoms with E-state index in [1.165, 1.54) is 0 Å². The third-order valence-corrected chi connectivity index (χ3v) is 4.83. The zero-order valence-electron chi connectivity index (χ0n) is 12.3. The second-order valence-corrected chi connectivity index (χ2v) is 6.59. The fraction of sp³-hybridized carbons (Fsp3) is 0.375. The van der Waals surface area contributed by atoms with Crippen molar-refractivity contribution in [3.05, 3.63) is 44.9 Å². The Hall–Kier alpha value is -1.36. The van der Waals surface area contributed by atoms with Gasteiger partial charge in [-0.2, -0.15) is 0 Å². The summed E-state index contributed by atoms with van der Waals surface area (Å²) in [5, 5.41) is 20.9. The lowest BCUT2D eigenvalue weighted by Gasteiger charge is -2.20. The summed E-state index contributed by atoms with van der Waals surface area (Å²) in [5.41, 5.74) is 1.74. The van der Waals surface area contributed by atoms with Crippen molar-refractivity contribution < 1.29 is 14.9 Å². The van der Waals surface area contributed by atoms with E-state index in [0.29, 0.717) is 34.2 Å². The van der Waals surface area contributed by atoms with E-state index in [1.807, 2.05) is 19.9 Å². The molecule has 0 saturated carbocycles. The van der Waals surface area contributed by atoms with Gasteiger partial charge < -0.3 is 14.9 Å². The van der Waals surface area contributed by atoms with Gasteiger partial charge in [-0.05, 0) is 38.0 Å². The molecule has 4 nitrogen and oxygen atoms in total. The highest BCUT2D eigenvalue weighted by Crippen LogP contribution is 2.64. The molecule has 2 aromatic rings. The lowest BCUT2D eigenvalue weighted by Crippen LogP contribution is -2.17. The molecule has 0 amide bonds. The SMILES string of the molecule is CC(C)OCCC1(c2ccc(Cl)c(Cl)c2)c2c(O)[nH]c(O)c21. The van der Waals surface area contributed by atoms with Crippen molar-refractivity contribution in [1.29, 1.82) is 0 Å². The summed E-state index contributed by atoms with van der Waals surface area (Å²) in [5.74, 6) is -0.0220. The molecule has 0 atom stereocenters.